The molecule has 0 aromatic carbocycles. The first-order valence-electron chi connectivity index (χ1n) is 7.47. The summed E-state index contributed by atoms with van der Waals surface area (Å²) in [7, 11) is 0. The Hall–Kier alpha value is -0.450. The van der Waals surface area contributed by atoms with Crippen molar-refractivity contribution in [2.24, 2.45) is 0 Å². The molecule has 3 nitrogen and oxygen atoms in total. The number of hydrogen-bond acceptors (Lipinski definition) is 4. The quantitative estimate of drug-likeness (QED) is 0.867. The number of thioether (sulfide) groups is 1. The van der Waals surface area contributed by atoms with Crippen LogP contribution in [0.2, 0.25) is 0 Å². The van der Waals surface area contributed by atoms with E-state index in [0.717, 1.165) is 30.1 Å². The fourth-order valence-corrected chi connectivity index (χ4v) is 3.83. The molecule has 1 aromatic rings. The van der Waals surface area contributed by atoms with Gasteiger partial charge in [-0.15, -0.1) is 0 Å². The molecule has 1 saturated carbocycles. The van der Waals surface area contributed by atoms with Crippen LogP contribution in [0.5, 0.6) is 0 Å². The van der Waals surface area contributed by atoms with Gasteiger partial charge in [0, 0.05) is 42.2 Å². The lowest BCUT2D eigenvalue weighted by Crippen LogP contribution is -2.37. The van der Waals surface area contributed by atoms with Crippen LogP contribution in [0.3, 0.4) is 0 Å². The van der Waals surface area contributed by atoms with Gasteiger partial charge in [-0.25, -0.2) is 0 Å². The van der Waals surface area contributed by atoms with Crippen molar-refractivity contribution in [2.75, 3.05) is 18.8 Å². The second-order valence-electron chi connectivity index (χ2n) is 5.66. The average molecular weight is 280 g/mol. The first-order valence-corrected chi connectivity index (χ1v) is 8.52. The number of furan rings is 1. The first kappa shape index (κ1) is 13.5. The molecule has 0 bridgehead atoms. The van der Waals surface area contributed by atoms with Gasteiger partial charge < -0.3 is 9.73 Å². The zero-order valence-electron chi connectivity index (χ0n) is 11.7. The molecule has 0 amide bonds. The predicted molar refractivity (Wildman–Crippen MR) is 80.4 cm³/mol. The lowest BCUT2D eigenvalue weighted by Gasteiger charge is -2.31. The summed E-state index contributed by atoms with van der Waals surface area (Å²) in [5, 5.41) is 4.38. The molecule has 1 N–H and O–H groups in total. The molecule has 1 aromatic heterocycles. The topological polar surface area (TPSA) is 28.4 Å². The Labute approximate surface area is 120 Å². The SMILES string of the molecule is CCC1CN(Cc2occc2CNC2CC2)CCS1. The molecule has 19 heavy (non-hydrogen) atoms. The highest BCUT2D eigenvalue weighted by atomic mass is 32.2. The highest BCUT2D eigenvalue weighted by molar-refractivity contribution is 8.00. The summed E-state index contributed by atoms with van der Waals surface area (Å²) < 4.78 is 5.70. The third-order valence-corrected chi connectivity index (χ3v) is 5.41. The Balaban J connectivity index is 1.54. The van der Waals surface area contributed by atoms with E-state index in [4.69, 9.17) is 4.42 Å². The normalized spacial score (nSPS) is 24.8. The molecule has 1 unspecified atom stereocenters. The predicted octanol–water partition coefficient (Wildman–Crippen LogP) is 2.86. The molecular weight excluding hydrogens is 256 g/mol. The van der Waals surface area contributed by atoms with Gasteiger partial charge in [0.15, 0.2) is 0 Å². The molecule has 0 radical (unpaired) electrons. The Morgan fingerprint density at radius 2 is 2.37 bits per heavy atom. The lowest BCUT2D eigenvalue weighted by atomic mass is 10.2. The fourth-order valence-electron chi connectivity index (χ4n) is 2.58. The summed E-state index contributed by atoms with van der Waals surface area (Å²) in [4.78, 5) is 2.55. The van der Waals surface area contributed by atoms with E-state index in [9.17, 15) is 0 Å². The van der Waals surface area contributed by atoms with Gasteiger partial charge in [0.2, 0.25) is 0 Å². The zero-order valence-corrected chi connectivity index (χ0v) is 12.5. The van der Waals surface area contributed by atoms with Crippen molar-refractivity contribution >= 4 is 11.8 Å². The zero-order chi connectivity index (χ0) is 13.1. The molecule has 1 atom stereocenters. The molecular formula is C15H24N2OS. The number of hydrogen-bond donors (Lipinski definition) is 1. The lowest BCUT2D eigenvalue weighted by molar-refractivity contribution is 0.249. The summed E-state index contributed by atoms with van der Waals surface area (Å²) in [5.41, 5.74) is 1.35. The highest BCUT2D eigenvalue weighted by Crippen LogP contribution is 2.24. The van der Waals surface area contributed by atoms with Crippen molar-refractivity contribution in [1.82, 2.24) is 10.2 Å². The van der Waals surface area contributed by atoms with Crippen LogP contribution in [-0.4, -0.2) is 35.0 Å². The van der Waals surface area contributed by atoms with E-state index in [0.29, 0.717) is 0 Å². The third kappa shape index (κ3) is 3.77. The fraction of sp³-hybridized carbons (Fsp3) is 0.733. The van der Waals surface area contributed by atoms with Crippen LogP contribution < -0.4 is 5.32 Å². The highest BCUT2D eigenvalue weighted by Gasteiger charge is 2.23. The van der Waals surface area contributed by atoms with Crippen LogP contribution in [-0.2, 0) is 13.1 Å². The largest absolute Gasteiger partial charge is 0.468 e. The van der Waals surface area contributed by atoms with E-state index < -0.39 is 0 Å². The summed E-state index contributed by atoms with van der Waals surface area (Å²) in [5.74, 6) is 2.42. The minimum absolute atomic E-state index is 0.763. The Morgan fingerprint density at radius 3 is 3.16 bits per heavy atom. The molecule has 2 aliphatic rings. The minimum atomic E-state index is 0.763. The maximum absolute atomic E-state index is 5.70. The second-order valence-corrected chi connectivity index (χ2v) is 7.07. The van der Waals surface area contributed by atoms with E-state index in [1.165, 1.54) is 43.7 Å². The molecule has 2 heterocycles. The van der Waals surface area contributed by atoms with Crippen molar-refractivity contribution in [2.45, 2.75) is 50.6 Å². The van der Waals surface area contributed by atoms with Gasteiger partial charge in [0.25, 0.3) is 0 Å². The van der Waals surface area contributed by atoms with Gasteiger partial charge >= 0.3 is 0 Å². The number of nitrogens with one attached hydrogen (secondary N) is 1. The van der Waals surface area contributed by atoms with Crippen LogP contribution >= 0.6 is 11.8 Å². The standard InChI is InChI=1S/C15H24N2OS/c1-2-14-10-17(6-8-19-14)11-15-12(5-7-18-15)9-16-13-3-4-13/h5,7,13-14,16H,2-4,6,8-11H2,1H3. The second kappa shape index (κ2) is 6.33. The third-order valence-electron chi connectivity index (χ3n) is 4.04. The van der Waals surface area contributed by atoms with Gasteiger partial charge in [0.1, 0.15) is 5.76 Å². The van der Waals surface area contributed by atoms with Crippen LogP contribution in [0.15, 0.2) is 16.7 Å². The molecule has 1 saturated heterocycles. The van der Waals surface area contributed by atoms with E-state index in [1.807, 2.05) is 6.26 Å². The van der Waals surface area contributed by atoms with Crippen molar-refractivity contribution in [3.63, 3.8) is 0 Å². The average Bonchev–Trinajstić information content (AvgIpc) is 3.17. The van der Waals surface area contributed by atoms with E-state index in [1.54, 1.807) is 0 Å². The van der Waals surface area contributed by atoms with Gasteiger partial charge in [-0.2, -0.15) is 11.8 Å². The first-order chi connectivity index (χ1) is 9.35. The van der Waals surface area contributed by atoms with Crippen molar-refractivity contribution in [3.05, 3.63) is 23.7 Å². The maximum atomic E-state index is 5.70. The molecule has 1 aliphatic carbocycles. The molecule has 1 aliphatic heterocycles. The van der Waals surface area contributed by atoms with Crippen molar-refractivity contribution in [1.29, 1.82) is 0 Å². The van der Waals surface area contributed by atoms with Crippen LogP contribution in [0.25, 0.3) is 0 Å². The summed E-state index contributed by atoms with van der Waals surface area (Å²) in [6.07, 6.45) is 5.80. The molecule has 4 heteroatoms. The Morgan fingerprint density at radius 1 is 1.47 bits per heavy atom. The summed E-state index contributed by atoms with van der Waals surface area (Å²) >= 11 is 2.12. The number of nitrogens with zero attached hydrogens (tertiary/aromatic N) is 1. The minimum Gasteiger partial charge on any atom is -0.468 e. The van der Waals surface area contributed by atoms with E-state index in [2.05, 4.69) is 35.0 Å². The van der Waals surface area contributed by atoms with Crippen molar-refractivity contribution < 1.29 is 4.42 Å². The van der Waals surface area contributed by atoms with Gasteiger partial charge in [-0.05, 0) is 25.3 Å². The smallest absolute Gasteiger partial charge is 0.122 e. The maximum Gasteiger partial charge on any atom is 0.122 e. The van der Waals surface area contributed by atoms with Crippen molar-refractivity contribution in [3.8, 4) is 0 Å². The Kier molecular flexibility index (Phi) is 4.51. The number of rotatable bonds is 6. The van der Waals surface area contributed by atoms with Crippen LogP contribution in [0.1, 0.15) is 37.5 Å². The molecule has 3 rings (SSSR count). The van der Waals surface area contributed by atoms with Crippen LogP contribution in [0.4, 0.5) is 0 Å². The monoisotopic (exact) mass is 280 g/mol. The van der Waals surface area contributed by atoms with Gasteiger partial charge in [0.05, 0.1) is 12.8 Å². The Bertz CT molecular complexity index is 403. The van der Waals surface area contributed by atoms with Gasteiger partial charge in [-0.3, -0.25) is 4.90 Å². The molecule has 106 valence electrons. The molecule has 0 spiro atoms. The summed E-state index contributed by atoms with van der Waals surface area (Å²) in [6.45, 7) is 6.63. The summed E-state index contributed by atoms with van der Waals surface area (Å²) in [6, 6.07) is 2.89. The molecule has 2 fully saturated rings. The van der Waals surface area contributed by atoms with E-state index >= 15 is 0 Å². The van der Waals surface area contributed by atoms with Gasteiger partial charge in [-0.1, -0.05) is 6.92 Å². The van der Waals surface area contributed by atoms with E-state index in [-0.39, 0.29) is 0 Å². The van der Waals surface area contributed by atoms with Crippen LogP contribution in [0, 0.1) is 0 Å².